The molecule has 0 fully saturated rings. The molecule has 0 rings (SSSR count). The van der Waals surface area contributed by atoms with Crippen molar-refractivity contribution in [1.29, 1.82) is 0 Å². The van der Waals surface area contributed by atoms with Crippen LogP contribution >= 0.6 is 10.7 Å². The van der Waals surface area contributed by atoms with Gasteiger partial charge in [0.1, 0.15) is 0 Å². The van der Waals surface area contributed by atoms with E-state index in [1.165, 1.54) is 0 Å². The van der Waals surface area contributed by atoms with E-state index in [2.05, 4.69) is 0 Å². The maximum Gasteiger partial charge on any atom is 0.234 e. The van der Waals surface area contributed by atoms with Gasteiger partial charge in [0.15, 0.2) is 0 Å². The summed E-state index contributed by atoms with van der Waals surface area (Å²) in [5.74, 6) is 0.177. The molecular weight excluding hydrogens is 228 g/mol. The van der Waals surface area contributed by atoms with Crippen LogP contribution in [0.4, 0.5) is 0 Å². The van der Waals surface area contributed by atoms with Gasteiger partial charge in [-0.1, -0.05) is 13.8 Å². The van der Waals surface area contributed by atoms with Gasteiger partial charge in [-0.05, 0) is 5.92 Å². The van der Waals surface area contributed by atoms with Crippen molar-refractivity contribution in [2.75, 3.05) is 26.1 Å². The number of hydrogen-bond donors (Lipinski definition) is 0. The SMILES string of the molecule is COC(COCCS(=O)(=O)Cl)C(C)C. The van der Waals surface area contributed by atoms with Crippen LogP contribution in [0, 0.1) is 5.92 Å². The smallest absolute Gasteiger partial charge is 0.234 e. The number of halogens is 1. The number of rotatable bonds is 7. The molecule has 0 bridgehead atoms. The van der Waals surface area contributed by atoms with Crippen molar-refractivity contribution < 1.29 is 17.9 Å². The van der Waals surface area contributed by atoms with Crippen molar-refractivity contribution in [2.24, 2.45) is 5.92 Å². The van der Waals surface area contributed by atoms with Crippen LogP contribution in [-0.2, 0) is 18.5 Å². The lowest BCUT2D eigenvalue weighted by Crippen LogP contribution is -2.25. The lowest BCUT2D eigenvalue weighted by Gasteiger charge is -2.18. The summed E-state index contributed by atoms with van der Waals surface area (Å²) in [6.07, 6.45) is -0.00645. The molecule has 86 valence electrons. The highest BCUT2D eigenvalue weighted by molar-refractivity contribution is 8.13. The average Bonchev–Trinajstić information content (AvgIpc) is 2.01. The second kappa shape index (κ2) is 6.61. The molecule has 6 heteroatoms. The second-order valence-corrected chi connectivity index (χ2v) is 6.23. The molecule has 0 N–H and O–H groups in total. The van der Waals surface area contributed by atoms with Crippen molar-refractivity contribution in [3.63, 3.8) is 0 Å². The highest BCUT2D eigenvalue weighted by Gasteiger charge is 2.12. The van der Waals surface area contributed by atoms with Gasteiger partial charge in [0, 0.05) is 17.8 Å². The van der Waals surface area contributed by atoms with Crippen LogP contribution in [0.5, 0.6) is 0 Å². The van der Waals surface area contributed by atoms with E-state index in [0.29, 0.717) is 12.5 Å². The minimum atomic E-state index is -3.44. The Bertz CT molecular complexity index is 238. The highest BCUT2D eigenvalue weighted by atomic mass is 35.7. The normalized spacial score (nSPS) is 14.6. The summed E-state index contributed by atoms with van der Waals surface area (Å²) in [4.78, 5) is 0. The summed E-state index contributed by atoms with van der Waals surface area (Å²) in [5, 5.41) is 0. The van der Waals surface area contributed by atoms with Crippen molar-refractivity contribution in [2.45, 2.75) is 20.0 Å². The van der Waals surface area contributed by atoms with Gasteiger partial charge in [0.2, 0.25) is 9.05 Å². The Morgan fingerprint density at radius 1 is 1.36 bits per heavy atom. The molecular formula is C8H17ClO4S. The summed E-state index contributed by atoms with van der Waals surface area (Å²) in [7, 11) is 3.17. The molecule has 0 saturated heterocycles. The van der Waals surface area contributed by atoms with Crippen LogP contribution in [0.1, 0.15) is 13.8 Å². The van der Waals surface area contributed by atoms with Gasteiger partial charge < -0.3 is 9.47 Å². The van der Waals surface area contributed by atoms with Crippen LogP contribution in [0.25, 0.3) is 0 Å². The van der Waals surface area contributed by atoms with E-state index in [-0.39, 0.29) is 18.5 Å². The highest BCUT2D eigenvalue weighted by Crippen LogP contribution is 2.06. The molecule has 0 aromatic heterocycles. The first-order chi connectivity index (χ1) is 6.37. The van der Waals surface area contributed by atoms with Crippen molar-refractivity contribution in [3.8, 4) is 0 Å². The van der Waals surface area contributed by atoms with Crippen molar-refractivity contribution in [1.82, 2.24) is 0 Å². The molecule has 0 aromatic carbocycles. The molecule has 0 spiro atoms. The van der Waals surface area contributed by atoms with Crippen LogP contribution in [0.15, 0.2) is 0 Å². The summed E-state index contributed by atoms with van der Waals surface area (Å²) in [5.41, 5.74) is 0. The average molecular weight is 245 g/mol. The Morgan fingerprint density at radius 2 is 1.93 bits per heavy atom. The third-order valence-corrected chi connectivity index (χ3v) is 2.92. The molecule has 0 aliphatic heterocycles. The van der Waals surface area contributed by atoms with Gasteiger partial charge in [-0.25, -0.2) is 8.42 Å². The Kier molecular flexibility index (Phi) is 6.68. The van der Waals surface area contributed by atoms with Crippen LogP contribution in [0.2, 0.25) is 0 Å². The lowest BCUT2D eigenvalue weighted by molar-refractivity contribution is -0.0111. The molecule has 0 radical (unpaired) electrons. The zero-order chi connectivity index (χ0) is 11.2. The predicted molar refractivity (Wildman–Crippen MR) is 56.1 cm³/mol. The van der Waals surface area contributed by atoms with Gasteiger partial charge in [-0.3, -0.25) is 0 Å². The first-order valence-corrected chi connectivity index (χ1v) is 6.87. The van der Waals surface area contributed by atoms with Crippen LogP contribution in [0.3, 0.4) is 0 Å². The predicted octanol–water partition coefficient (Wildman–Crippen LogP) is 1.24. The number of ether oxygens (including phenoxy) is 2. The maximum atomic E-state index is 10.5. The summed E-state index contributed by atoms with van der Waals surface area (Å²) < 4.78 is 31.3. The fraction of sp³-hybridized carbons (Fsp3) is 1.00. The topological polar surface area (TPSA) is 52.6 Å². The van der Waals surface area contributed by atoms with Gasteiger partial charge >= 0.3 is 0 Å². The van der Waals surface area contributed by atoms with Gasteiger partial charge in [0.25, 0.3) is 0 Å². The molecule has 0 aliphatic carbocycles. The third-order valence-electron chi connectivity index (χ3n) is 1.80. The third kappa shape index (κ3) is 7.55. The summed E-state index contributed by atoms with van der Waals surface area (Å²) in [6.45, 7) is 4.52. The first-order valence-electron chi connectivity index (χ1n) is 4.39. The monoisotopic (exact) mass is 244 g/mol. The minimum Gasteiger partial charge on any atom is -0.379 e. The quantitative estimate of drug-likeness (QED) is 0.500. The Morgan fingerprint density at radius 3 is 2.29 bits per heavy atom. The van der Waals surface area contributed by atoms with E-state index in [1.807, 2.05) is 13.8 Å². The Labute approximate surface area is 90.0 Å². The second-order valence-electron chi connectivity index (χ2n) is 3.34. The van der Waals surface area contributed by atoms with E-state index >= 15 is 0 Å². The molecule has 0 aliphatic rings. The molecule has 1 unspecified atom stereocenters. The molecule has 0 heterocycles. The Balaban J connectivity index is 3.63. The maximum absolute atomic E-state index is 10.5. The van der Waals surface area contributed by atoms with Crippen LogP contribution < -0.4 is 0 Å². The van der Waals surface area contributed by atoms with Crippen molar-refractivity contribution >= 4 is 19.7 Å². The van der Waals surface area contributed by atoms with Crippen molar-refractivity contribution in [3.05, 3.63) is 0 Å². The Hall–Kier alpha value is 0.160. The molecule has 14 heavy (non-hydrogen) atoms. The van der Waals surface area contributed by atoms with E-state index in [0.717, 1.165) is 0 Å². The molecule has 0 amide bonds. The zero-order valence-corrected chi connectivity index (χ0v) is 10.3. The fourth-order valence-electron chi connectivity index (χ4n) is 0.891. The summed E-state index contributed by atoms with van der Waals surface area (Å²) >= 11 is 0. The first kappa shape index (κ1) is 14.2. The number of hydrogen-bond acceptors (Lipinski definition) is 4. The molecule has 4 nitrogen and oxygen atoms in total. The van der Waals surface area contributed by atoms with Crippen LogP contribution in [-0.4, -0.2) is 40.6 Å². The molecule has 0 saturated carbocycles. The minimum absolute atomic E-state index is 0.00645. The zero-order valence-electron chi connectivity index (χ0n) is 8.70. The lowest BCUT2D eigenvalue weighted by atomic mass is 10.1. The fourth-order valence-corrected chi connectivity index (χ4v) is 1.40. The van der Waals surface area contributed by atoms with Gasteiger partial charge in [-0.2, -0.15) is 0 Å². The number of methoxy groups -OCH3 is 1. The molecule has 0 aromatic rings. The van der Waals surface area contributed by atoms with E-state index in [9.17, 15) is 8.42 Å². The van der Waals surface area contributed by atoms with E-state index in [4.69, 9.17) is 20.2 Å². The van der Waals surface area contributed by atoms with Gasteiger partial charge in [0.05, 0.1) is 25.1 Å². The van der Waals surface area contributed by atoms with E-state index in [1.54, 1.807) is 7.11 Å². The van der Waals surface area contributed by atoms with Gasteiger partial charge in [-0.15, -0.1) is 0 Å². The van der Waals surface area contributed by atoms with E-state index < -0.39 is 9.05 Å². The standard InChI is InChI=1S/C8H17ClO4S/c1-7(2)8(12-3)6-13-4-5-14(9,10)11/h7-8H,4-6H2,1-3H3. The molecule has 1 atom stereocenters. The summed E-state index contributed by atoms with van der Waals surface area (Å²) in [6, 6.07) is 0. The largest absolute Gasteiger partial charge is 0.379 e.